The number of nitrogens with one attached hydrogen (secondary N) is 2. The average Bonchev–Trinajstić information content (AvgIpc) is 4.36. The second kappa shape index (κ2) is 47.1. The van der Waals surface area contributed by atoms with Crippen molar-refractivity contribution in [2.24, 2.45) is 5.73 Å². The summed E-state index contributed by atoms with van der Waals surface area (Å²) in [5, 5.41) is 26.7. The van der Waals surface area contributed by atoms with Gasteiger partial charge in [0.1, 0.15) is 0 Å². The van der Waals surface area contributed by atoms with Crippen LogP contribution >= 0.6 is 44.3 Å². The van der Waals surface area contributed by atoms with Crippen LogP contribution in [0.4, 0.5) is 17.1 Å². The van der Waals surface area contributed by atoms with Gasteiger partial charge < -0.3 is 57.2 Å². The summed E-state index contributed by atoms with van der Waals surface area (Å²) in [6.07, 6.45) is 7.14. The smallest absolute Gasteiger partial charge is 1.00 e. The summed E-state index contributed by atoms with van der Waals surface area (Å²) in [7, 11) is 3.38. The van der Waals surface area contributed by atoms with Crippen molar-refractivity contribution in [3.63, 3.8) is 0 Å². The van der Waals surface area contributed by atoms with Crippen LogP contribution < -0.4 is 139 Å². The van der Waals surface area contributed by atoms with E-state index in [-0.39, 0.29) is 129 Å². The van der Waals surface area contributed by atoms with Crippen molar-refractivity contribution in [1.82, 2.24) is 20.4 Å². The van der Waals surface area contributed by atoms with Crippen LogP contribution in [-0.2, 0) is 19.2 Å². The van der Waals surface area contributed by atoms with Crippen molar-refractivity contribution in [3.8, 4) is 0 Å². The van der Waals surface area contributed by atoms with Gasteiger partial charge in [-0.1, -0.05) is 74.3 Å². The maximum atomic E-state index is 9.78. The van der Waals surface area contributed by atoms with E-state index >= 15 is 0 Å². The molecule has 5 N–H and O–H groups in total. The normalized spacial score (nSPS) is 17.8. The maximum absolute atomic E-state index is 9.78. The molecule has 5 fully saturated rings. The number of ether oxygens (including phenoxy) is 2. The number of anilines is 3. The first-order chi connectivity index (χ1) is 34.4. The minimum atomic E-state index is -0.230. The molecule has 3 aromatic carbocycles. The Labute approximate surface area is 557 Å². The van der Waals surface area contributed by atoms with Crippen molar-refractivity contribution in [1.29, 1.82) is 0 Å². The number of nitrogens with two attached hydrogens (primary N) is 1. The van der Waals surface area contributed by atoms with Crippen LogP contribution in [-0.4, -0.2) is 176 Å². The summed E-state index contributed by atoms with van der Waals surface area (Å²) in [6, 6.07) is 19.8. The number of allylic oxidation sites excluding steroid dienone is 1. The summed E-state index contributed by atoms with van der Waals surface area (Å²) >= 11 is 6.55. The SMILES string of the molecule is BrCCC1CO1.C=CCCBr.CN.CNCC(O)CCN1CCN(c2cccc(C)c2C)CC1.Cc1cccc(N2CCN(CCC3CO3)CC2)c1C.Cc1cccc(N2CCNCC2)c1C.Cl.O=CO[O-].[H-].[K+].[K+]. The Hall–Kier alpha value is 0.433. The Kier molecular flexibility index (Phi) is 48.7. The Bertz CT molecular complexity index is 1880. The molecule has 0 saturated carbocycles. The number of aliphatic hydroxyl groups is 1. The van der Waals surface area contributed by atoms with Gasteiger partial charge in [0.15, 0.2) is 0 Å². The molecule has 3 atom stereocenters. The predicted molar refractivity (Wildman–Crippen MR) is 311 cm³/mol. The maximum Gasteiger partial charge on any atom is 1.00 e. The number of rotatable bonds is 16. The van der Waals surface area contributed by atoms with Gasteiger partial charge in [-0.15, -0.1) is 19.0 Å². The van der Waals surface area contributed by atoms with Crippen molar-refractivity contribution >= 4 is 67.8 Å². The molecular weight excluding hydrogens is 1140 g/mol. The van der Waals surface area contributed by atoms with E-state index in [0.717, 1.165) is 109 Å². The molecule has 0 aromatic heterocycles. The van der Waals surface area contributed by atoms with Crippen LogP contribution in [0.1, 0.15) is 60.5 Å². The van der Waals surface area contributed by atoms with Crippen molar-refractivity contribution in [3.05, 3.63) is 101 Å². The molecule has 14 nitrogen and oxygen atoms in total. The molecule has 0 spiro atoms. The van der Waals surface area contributed by atoms with Gasteiger partial charge in [-0.3, -0.25) is 14.6 Å². The van der Waals surface area contributed by atoms with Crippen molar-refractivity contribution < 1.29 is 134 Å². The average molecular weight is 1240 g/mol. The Balaban J connectivity index is -0.000000884. The standard InChI is InChI=1S/C17H29N3O.C16H24N2O.C12H18N2.C4H7BrO.C4H7Br.CH5N.CH2O3.ClH.2K.H/c1-14-5-4-6-17(15(14)2)20-11-9-19(10-12-20)8-7-16(21)13-18-3;1-13-4-3-5-16(14(13)2)18-10-8-17(9-11-18)7-6-15-12-19-15;1-10-4-3-5-12(11(10)2)14-8-6-13-7-9-14;5-2-1-4-3-6-4;1-2-3-4-5;1-2;2-1-4-3;;;;/h4-6,16,18,21H,7-13H2,1-3H3;3-5,15H,6-12H2,1-2H3;3-5,13H,6-9H2,1-2H3;4H,1-3H2;2H,1,3-4H2;2H2,1H3;1,3H;1H;;;/q;;;;;;;;2*+1;-1/p-1. The number of benzene rings is 3. The Morgan fingerprint density at radius 1 is 0.730 bits per heavy atom. The summed E-state index contributed by atoms with van der Waals surface area (Å²) in [5.74, 6) is 0. The number of likely N-dealkylation sites (N-methyl/N-ethyl adjacent to an activating group) is 1. The number of piperazine rings is 3. The molecule has 74 heavy (non-hydrogen) atoms. The number of hydrogen-bond donors (Lipinski definition) is 4. The topological polar surface area (TPSA) is 161 Å². The van der Waals surface area contributed by atoms with Gasteiger partial charge in [0, 0.05) is 126 Å². The van der Waals surface area contributed by atoms with E-state index in [1.54, 1.807) is 0 Å². The predicted octanol–water partition coefficient (Wildman–Crippen LogP) is 1.00. The monoisotopic (exact) mass is 1230 g/mol. The molecule has 3 unspecified atom stereocenters. The van der Waals surface area contributed by atoms with E-state index in [9.17, 15) is 5.11 Å². The van der Waals surface area contributed by atoms with Gasteiger partial charge in [-0.25, -0.2) is 0 Å². The first kappa shape index (κ1) is 76.5. The molecule has 0 amide bonds. The zero-order valence-electron chi connectivity index (χ0n) is 48.0. The van der Waals surface area contributed by atoms with E-state index in [4.69, 9.17) is 19.5 Å². The zero-order chi connectivity index (χ0) is 52.4. The molecule has 0 bridgehead atoms. The fourth-order valence-electron chi connectivity index (χ4n) is 8.23. The second-order valence-electron chi connectivity index (χ2n) is 18.2. The third kappa shape index (κ3) is 32.0. The molecule has 5 aliphatic heterocycles. The quantitative estimate of drug-likeness (QED) is 0.0306. The van der Waals surface area contributed by atoms with E-state index in [1.165, 1.54) is 90.0 Å². The molecule has 412 valence electrons. The largest absolute Gasteiger partial charge is 1.00 e. The molecule has 5 heterocycles. The molecule has 0 aliphatic carbocycles. The fraction of sp³-hybridized carbons (Fsp3) is 0.618. The van der Waals surface area contributed by atoms with Crippen LogP contribution in [0.25, 0.3) is 0 Å². The third-order valence-corrected chi connectivity index (χ3v) is 14.1. The van der Waals surface area contributed by atoms with Gasteiger partial charge >= 0.3 is 103 Å². The molecule has 19 heteroatoms. The van der Waals surface area contributed by atoms with Gasteiger partial charge in [0.05, 0.1) is 31.5 Å². The number of aryl methyl sites for hydroxylation is 3. The molecule has 8 rings (SSSR count). The number of epoxide rings is 2. The summed E-state index contributed by atoms with van der Waals surface area (Å²) in [6.45, 7) is 34.9. The van der Waals surface area contributed by atoms with E-state index in [2.05, 4.69) is 180 Å². The minimum absolute atomic E-state index is 0. The van der Waals surface area contributed by atoms with Crippen LogP contribution in [0.2, 0.25) is 0 Å². The van der Waals surface area contributed by atoms with Crippen LogP contribution in [0.3, 0.4) is 0 Å². The first-order valence-electron chi connectivity index (χ1n) is 25.6. The number of alkyl halides is 2. The summed E-state index contributed by atoms with van der Waals surface area (Å²) in [4.78, 5) is 23.8. The summed E-state index contributed by atoms with van der Waals surface area (Å²) in [5.41, 5.74) is 17.1. The van der Waals surface area contributed by atoms with Crippen LogP contribution in [0, 0.1) is 41.5 Å². The van der Waals surface area contributed by atoms with E-state index in [0.29, 0.717) is 18.8 Å². The Morgan fingerprint density at radius 3 is 1.42 bits per heavy atom. The zero-order valence-corrected chi connectivity index (χ0v) is 57.3. The number of carbonyl (C=O) groups excluding carboxylic acids is 1. The van der Waals surface area contributed by atoms with Gasteiger partial charge in [0.25, 0.3) is 6.47 Å². The van der Waals surface area contributed by atoms with Gasteiger partial charge in [-0.2, -0.15) is 0 Å². The first-order valence-corrected chi connectivity index (χ1v) is 27.8. The van der Waals surface area contributed by atoms with Crippen LogP contribution in [0.15, 0.2) is 67.3 Å². The number of halogens is 3. The van der Waals surface area contributed by atoms with E-state index < -0.39 is 0 Å². The van der Waals surface area contributed by atoms with Crippen molar-refractivity contribution in [2.45, 2.75) is 85.5 Å². The second-order valence-corrected chi connectivity index (χ2v) is 19.8. The molecule has 5 aliphatic rings. The van der Waals surface area contributed by atoms with Gasteiger partial charge in [-0.05, 0) is 133 Å². The number of aliphatic hydroxyl groups excluding tert-OH is 1. The summed E-state index contributed by atoms with van der Waals surface area (Å²) < 4.78 is 10.2. The van der Waals surface area contributed by atoms with Gasteiger partial charge in [0.2, 0.25) is 0 Å². The van der Waals surface area contributed by atoms with Crippen LogP contribution in [0.5, 0.6) is 0 Å². The number of carbonyl (C=O) groups is 1. The minimum Gasteiger partial charge on any atom is -1.00 e. The molecule has 5 saturated heterocycles. The fourth-order valence-corrected chi connectivity index (χ4v) is 9.06. The molecular formula is C55H93Br2ClK2N8O6. The number of nitrogens with zero attached hydrogens (tertiary/aromatic N) is 5. The third-order valence-electron chi connectivity index (χ3n) is 13.2. The number of hydrogen-bond acceptors (Lipinski definition) is 14. The molecule has 0 radical (unpaired) electrons. The van der Waals surface area contributed by atoms with Crippen molar-refractivity contribution in [2.75, 3.05) is 151 Å². The Morgan fingerprint density at radius 2 is 1.11 bits per heavy atom. The van der Waals surface area contributed by atoms with E-state index in [1.807, 2.05) is 13.1 Å². The molecule has 3 aromatic rings.